The number of halogens is 1. The van der Waals surface area contributed by atoms with E-state index >= 15 is 0 Å². The molecular formula is C12H16FN3O2S. The molecule has 0 saturated carbocycles. The summed E-state index contributed by atoms with van der Waals surface area (Å²) in [5, 5.41) is 5.43. The van der Waals surface area contributed by atoms with Gasteiger partial charge in [0.15, 0.2) is 0 Å². The fraction of sp³-hybridized carbons (Fsp3) is 0.333. The summed E-state index contributed by atoms with van der Waals surface area (Å²) in [6.45, 7) is 0.856. The van der Waals surface area contributed by atoms with Crippen LogP contribution in [0.4, 0.5) is 10.1 Å². The van der Waals surface area contributed by atoms with Crippen LogP contribution in [0.5, 0.6) is 0 Å². The molecule has 1 aromatic rings. The summed E-state index contributed by atoms with van der Waals surface area (Å²) in [7, 11) is 1.55. The fourth-order valence-electron chi connectivity index (χ4n) is 1.45. The number of anilines is 1. The highest BCUT2D eigenvalue weighted by Crippen LogP contribution is 2.18. The van der Waals surface area contributed by atoms with Gasteiger partial charge in [0.05, 0.1) is 18.7 Å². The van der Waals surface area contributed by atoms with Crippen molar-refractivity contribution in [1.82, 2.24) is 5.32 Å². The van der Waals surface area contributed by atoms with Gasteiger partial charge in [0.2, 0.25) is 5.91 Å². The monoisotopic (exact) mass is 285 g/mol. The van der Waals surface area contributed by atoms with Gasteiger partial charge in [-0.25, -0.2) is 4.39 Å². The van der Waals surface area contributed by atoms with Gasteiger partial charge in [-0.1, -0.05) is 18.3 Å². The van der Waals surface area contributed by atoms with Gasteiger partial charge in [0.25, 0.3) is 0 Å². The first-order valence-electron chi connectivity index (χ1n) is 5.64. The first-order chi connectivity index (χ1) is 9.06. The molecule has 5 nitrogen and oxygen atoms in total. The molecule has 0 spiro atoms. The van der Waals surface area contributed by atoms with E-state index in [0.29, 0.717) is 18.8 Å². The minimum absolute atomic E-state index is 0.00276. The van der Waals surface area contributed by atoms with Crippen LogP contribution in [0.15, 0.2) is 18.2 Å². The standard InChI is InChI=1S/C12H16FN3O2S/c1-18-6-5-15-10(17)7-16-9-4-2-3-8(13)11(9)12(14)19/h2-4,16H,5-7H2,1H3,(H2,14,19)(H,15,17). The van der Waals surface area contributed by atoms with Gasteiger partial charge in [-0.15, -0.1) is 0 Å². The van der Waals surface area contributed by atoms with E-state index in [9.17, 15) is 9.18 Å². The Kier molecular flexibility index (Phi) is 6.17. The number of nitrogens with one attached hydrogen (secondary N) is 2. The van der Waals surface area contributed by atoms with Crippen molar-refractivity contribution >= 4 is 28.8 Å². The summed E-state index contributed by atoms with van der Waals surface area (Å²) in [5.41, 5.74) is 5.97. The summed E-state index contributed by atoms with van der Waals surface area (Å²) in [5.74, 6) is -0.743. The van der Waals surface area contributed by atoms with Crippen LogP contribution in [-0.4, -0.2) is 37.7 Å². The number of hydrogen-bond donors (Lipinski definition) is 3. The summed E-state index contributed by atoms with van der Waals surface area (Å²) in [4.78, 5) is 11.4. The number of benzene rings is 1. The molecule has 1 amide bonds. The van der Waals surface area contributed by atoms with Gasteiger partial charge in [0.1, 0.15) is 10.8 Å². The molecule has 0 unspecified atom stereocenters. The quantitative estimate of drug-likeness (QED) is 0.506. The lowest BCUT2D eigenvalue weighted by molar-refractivity contribution is -0.119. The van der Waals surface area contributed by atoms with Crippen LogP contribution in [0.25, 0.3) is 0 Å². The van der Waals surface area contributed by atoms with E-state index in [1.165, 1.54) is 12.1 Å². The molecule has 0 atom stereocenters. The third-order valence-electron chi connectivity index (χ3n) is 2.33. The average Bonchev–Trinajstić information content (AvgIpc) is 2.36. The first-order valence-corrected chi connectivity index (χ1v) is 6.05. The van der Waals surface area contributed by atoms with E-state index < -0.39 is 5.82 Å². The number of rotatable bonds is 7. The van der Waals surface area contributed by atoms with Crippen molar-refractivity contribution in [3.05, 3.63) is 29.6 Å². The molecule has 0 bridgehead atoms. The minimum atomic E-state index is -0.516. The second kappa shape index (κ2) is 7.65. The maximum Gasteiger partial charge on any atom is 0.239 e. The molecule has 1 aromatic carbocycles. The molecule has 0 saturated heterocycles. The topological polar surface area (TPSA) is 76.4 Å². The number of methoxy groups -OCH3 is 1. The second-order valence-electron chi connectivity index (χ2n) is 3.72. The van der Waals surface area contributed by atoms with Crippen molar-refractivity contribution in [3.8, 4) is 0 Å². The van der Waals surface area contributed by atoms with Crippen molar-refractivity contribution in [2.24, 2.45) is 5.73 Å². The first kappa shape index (κ1) is 15.3. The lowest BCUT2D eigenvalue weighted by Crippen LogP contribution is -2.32. The van der Waals surface area contributed by atoms with Crippen molar-refractivity contribution in [2.75, 3.05) is 32.1 Å². The minimum Gasteiger partial charge on any atom is -0.389 e. The average molecular weight is 285 g/mol. The largest absolute Gasteiger partial charge is 0.389 e. The van der Waals surface area contributed by atoms with Crippen LogP contribution >= 0.6 is 12.2 Å². The summed E-state index contributed by atoms with van der Waals surface area (Å²) in [6.07, 6.45) is 0. The highest BCUT2D eigenvalue weighted by Gasteiger charge is 2.11. The van der Waals surface area contributed by atoms with Gasteiger partial charge in [-0.2, -0.15) is 0 Å². The Bertz CT molecular complexity index is 468. The molecule has 104 valence electrons. The van der Waals surface area contributed by atoms with E-state index in [-0.39, 0.29) is 23.0 Å². The maximum atomic E-state index is 13.5. The van der Waals surface area contributed by atoms with Crippen LogP contribution in [0.1, 0.15) is 5.56 Å². The summed E-state index contributed by atoms with van der Waals surface area (Å²) in [6, 6.07) is 4.39. The van der Waals surface area contributed by atoms with Crippen LogP contribution in [0, 0.1) is 5.82 Å². The molecule has 0 radical (unpaired) electrons. The van der Waals surface area contributed by atoms with Gasteiger partial charge in [-0.3, -0.25) is 4.79 Å². The van der Waals surface area contributed by atoms with Crippen LogP contribution < -0.4 is 16.4 Å². The van der Waals surface area contributed by atoms with E-state index in [4.69, 9.17) is 22.7 Å². The van der Waals surface area contributed by atoms with Crippen molar-refractivity contribution in [3.63, 3.8) is 0 Å². The second-order valence-corrected chi connectivity index (χ2v) is 4.16. The lowest BCUT2D eigenvalue weighted by atomic mass is 10.1. The third kappa shape index (κ3) is 4.80. The fourth-order valence-corrected chi connectivity index (χ4v) is 1.66. The Hall–Kier alpha value is -1.73. The molecule has 0 heterocycles. The number of hydrogen-bond acceptors (Lipinski definition) is 4. The predicted octanol–water partition coefficient (Wildman–Crippen LogP) is 0.634. The molecule has 1 rings (SSSR count). The summed E-state index contributed by atoms with van der Waals surface area (Å²) >= 11 is 4.78. The predicted molar refractivity (Wildman–Crippen MR) is 75.7 cm³/mol. The Morgan fingerprint density at radius 2 is 2.26 bits per heavy atom. The van der Waals surface area contributed by atoms with Gasteiger partial charge in [-0.05, 0) is 12.1 Å². The van der Waals surface area contributed by atoms with Crippen LogP contribution in [0.2, 0.25) is 0 Å². The Labute approximate surface area is 116 Å². The van der Waals surface area contributed by atoms with Crippen LogP contribution in [-0.2, 0) is 9.53 Å². The number of nitrogens with two attached hydrogens (primary N) is 1. The van der Waals surface area contributed by atoms with Gasteiger partial charge < -0.3 is 21.1 Å². The zero-order valence-electron chi connectivity index (χ0n) is 10.5. The smallest absolute Gasteiger partial charge is 0.239 e. The van der Waals surface area contributed by atoms with Crippen molar-refractivity contribution < 1.29 is 13.9 Å². The molecular weight excluding hydrogens is 269 g/mol. The molecule has 19 heavy (non-hydrogen) atoms. The molecule has 0 fully saturated rings. The molecule has 0 aromatic heterocycles. The summed E-state index contributed by atoms with van der Waals surface area (Å²) < 4.78 is 18.4. The number of carbonyl (C=O) groups excluding carboxylic acids is 1. The molecule has 0 aliphatic heterocycles. The lowest BCUT2D eigenvalue weighted by Gasteiger charge is -2.12. The Morgan fingerprint density at radius 1 is 1.53 bits per heavy atom. The number of thiocarbonyl (C=S) groups is 1. The van der Waals surface area contributed by atoms with Crippen molar-refractivity contribution in [2.45, 2.75) is 0 Å². The number of ether oxygens (including phenoxy) is 1. The SMILES string of the molecule is COCCNC(=O)CNc1cccc(F)c1C(N)=S. The molecule has 0 aliphatic rings. The molecule has 7 heteroatoms. The molecule has 0 aliphatic carbocycles. The Balaban J connectivity index is 2.60. The van der Waals surface area contributed by atoms with E-state index in [1.807, 2.05) is 0 Å². The van der Waals surface area contributed by atoms with Gasteiger partial charge >= 0.3 is 0 Å². The number of amides is 1. The van der Waals surface area contributed by atoms with E-state index in [0.717, 1.165) is 0 Å². The Morgan fingerprint density at radius 3 is 2.89 bits per heavy atom. The highest BCUT2D eigenvalue weighted by molar-refractivity contribution is 7.80. The van der Waals surface area contributed by atoms with Crippen LogP contribution in [0.3, 0.4) is 0 Å². The van der Waals surface area contributed by atoms with Crippen molar-refractivity contribution in [1.29, 1.82) is 0 Å². The highest BCUT2D eigenvalue weighted by atomic mass is 32.1. The normalized spacial score (nSPS) is 10.0. The zero-order chi connectivity index (χ0) is 14.3. The van der Waals surface area contributed by atoms with Gasteiger partial charge in [0, 0.05) is 19.3 Å². The van der Waals surface area contributed by atoms with E-state index in [2.05, 4.69) is 10.6 Å². The number of carbonyl (C=O) groups is 1. The zero-order valence-corrected chi connectivity index (χ0v) is 11.3. The van der Waals surface area contributed by atoms with E-state index in [1.54, 1.807) is 13.2 Å². The third-order valence-corrected chi connectivity index (χ3v) is 2.53. The maximum absolute atomic E-state index is 13.5. The molecule has 4 N–H and O–H groups in total.